The molecule has 0 unspecified atom stereocenters. The molecule has 9 heteroatoms. The zero-order chi connectivity index (χ0) is 21.3. The Labute approximate surface area is 172 Å². The second-order valence-corrected chi connectivity index (χ2v) is 7.46. The summed E-state index contributed by atoms with van der Waals surface area (Å²) >= 11 is 0. The van der Waals surface area contributed by atoms with Gasteiger partial charge >= 0.3 is 5.97 Å². The Kier molecular flexibility index (Phi) is 5.43. The quantitative estimate of drug-likeness (QED) is 0.418. The standard InChI is InChI=1S/C21H22N2O7/c1-12(19(25)22-9-13-6-7-16-17(8-13)29-11-28-16)30-18(24)10-23-20(26)14-4-2-3-5-15(14)21(23)27/h2-3,6-8,12,14-15H,4-5,9-11H2,1H3,(H,22,25)/t12-,14-,15+/m1/s1. The Balaban J connectivity index is 1.26. The van der Waals surface area contributed by atoms with Crippen molar-refractivity contribution in [3.8, 4) is 11.5 Å². The van der Waals surface area contributed by atoms with Crippen molar-refractivity contribution >= 4 is 23.7 Å². The van der Waals surface area contributed by atoms with Gasteiger partial charge in [-0.05, 0) is 37.5 Å². The van der Waals surface area contributed by atoms with Crippen LogP contribution in [-0.2, 0) is 30.5 Å². The van der Waals surface area contributed by atoms with Gasteiger partial charge in [-0.25, -0.2) is 0 Å². The molecule has 30 heavy (non-hydrogen) atoms. The molecule has 0 spiro atoms. The molecule has 1 aromatic rings. The number of esters is 1. The molecule has 2 aliphatic heterocycles. The van der Waals surface area contributed by atoms with Crippen molar-refractivity contribution in [2.45, 2.75) is 32.4 Å². The predicted octanol–water partition coefficient (Wildman–Crippen LogP) is 0.914. The SMILES string of the molecule is C[C@@H](OC(=O)CN1C(=O)[C@H]2CC=CC[C@H]2C1=O)C(=O)NCc1ccc2c(c1)OCO2. The van der Waals surface area contributed by atoms with E-state index in [1.54, 1.807) is 18.2 Å². The van der Waals surface area contributed by atoms with Gasteiger partial charge in [0.05, 0.1) is 11.8 Å². The van der Waals surface area contributed by atoms with Gasteiger partial charge in [-0.2, -0.15) is 0 Å². The van der Waals surface area contributed by atoms with E-state index in [9.17, 15) is 19.2 Å². The molecule has 0 saturated carbocycles. The minimum absolute atomic E-state index is 0.165. The van der Waals surface area contributed by atoms with E-state index in [2.05, 4.69) is 5.32 Å². The van der Waals surface area contributed by atoms with Crippen molar-refractivity contribution < 1.29 is 33.4 Å². The van der Waals surface area contributed by atoms with Crippen LogP contribution in [0.4, 0.5) is 0 Å². The van der Waals surface area contributed by atoms with Gasteiger partial charge in [0.25, 0.3) is 5.91 Å². The molecule has 3 atom stereocenters. The van der Waals surface area contributed by atoms with Gasteiger partial charge in [0.1, 0.15) is 6.54 Å². The van der Waals surface area contributed by atoms with Gasteiger partial charge in [-0.1, -0.05) is 18.2 Å². The number of fused-ring (bicyclic) bond motifs is 2. The Morgan fingerprint density at radius 2 is 1.80 bits per heavy atom. The number of nitrogens with zero attached hydrogens (tertiary/aromatic N) is 1. The van der Waals surface area contributed by atoms with Gasteiger partial charge in [-0.15, -0.1) is 0 Å². The van der Waals surface area contributed by atoms with Crippen LogP contribution in [0, 0.1) is 11.8 Å². The summed E-state index contributed by atoms with van der Waals surface area (Å²) in [6.45, 7) is 1.34. The number of carbonyl (C=O) groups is 4. The monoisotopic (exact) mass is 414 g/mol. The second-order valence-electron chi connectivity index (χ2n) is 7.46. The van der Waals surface area contributed by atoms with Crippen LogP contribution in [0.2, 0.25) is 0 Å². The van der Waals surface area contributed by atoms with Crippen molar-refractivity contribution in [3.63, 3.8) is 0 Å². The number of likely N-dealkylation sites (tertiary alicyclic amines) is 1. The number of ether oxygens (including phenoxy) is 3. The normalized spacial score (nSPS) is 22.6. The van der Waals surface area contributed by atoms with E-state index in [4.69, 9.17) is 14.2 Å². The minimum atomic E-state index is -1.07. The van der Waals surface area contributed by atoms with E-state index >= 15 is 0 Å². The molecule has 1 fully saturated rings. The van der Waals surface area contributed by atoms with Crippen LogP contribution in [-0.4, -0.2) is 48.0 Å². The molecule has 4 rings (SSSR count). The molecule has 3 aliphatic rings. The van der Waals surface area contributed by atoms with Crippen molar-refractivity contribution in [3.05, 3.63) is 35.9 Å². The fourth-order valence-corrected chi connectivity index (χ4v) is 3.83. The van der Waals surface area contributed by atoms with E-state index in [1.807, 2.05) is 12.2 Å². The van der Waals surface area contributed by atoms with E-state index in [-0.39, 0.29) is 25.2 Å². The third kappa shape index (κ3) is 3.87. The summed E-state index contributed by atoms with van der Waals surface area (Å²) in [6, 6.07) is 5.31. The first-order chi connectivity index (χ1) is 14.4. The Morgan fingerprint density at radius 1 is 1.13 bits per heavy atom. The molecule has 3 amide bonds. The maximum atomic E-state index is 12.4. The number of allylic oxidation sites excluding steroid dienone is 2. The smallest absolute Gasteiger partial charge is 0.326 e. The molecular weight excluding hydrogens is 392 g/mol. The first-order valence-electron chi connectivity index (χ1n) is 9.80. The predicted molar refractivity (Wildman–Crippen MR) is 102 cm³/mol. The molecule has 158 valence electrons. The highest BCUT2D eigenvalue weighted by molar-refractivity contribution is 6.07. The molecule has 1 aliphatic carbocycles. The average Bonchev–Trinajstić information content (AvgIpc) is 3.30. The summed E-state index contributed by atoms with van der Waals surface area (Å²) < 4.78 is 15.7. The number of rotatable bonds is 6. The first kappa shape index (κ1) is 19.9. The van der Waals surface area contributed by atoms with Crippen molar-refractivity contribution in [2.24, 2.45) is 11.8 Å². The lowest BCUT2D eigenvalue weighted by Crippen LogP contribution is -2.40. The fourth-order valence-electron chi connectivity index (χ4n) is 3.83. The Bertz CT molecular complexity index is 900. The topological polar surface area (TPSA) is 111 Å². The molecule has 1 N–H and O–H groups in total. The summed E-state index contributed by atoms with van der Waals surface area (Å²) in [5.74, 6) is -1.55. The van der Waals surface area contributed by atoms with Crippen LogP contribution >= 0.6 is 0 Å². The Morgan fingerprint density at radius 3 is 2.50 bits per heavy atom. The molecule has 0 bridgehead atoms. The highest BCUT2D eigenvalue weighted by Gasteiger charge is 2.47. The van der Waals surface area contributed by atoms with Gasteiger partial charge in [0.15, 0.2) is 17.6 Å². The summed E-state index contributed by atoms with van der Waals surface area (Å²) in [5, 5.41) is 2.68. The van der Waals surface area contributed by atoms with Crippen LogP contribution in [0.15, 0.2) is 30.4 Å². The van der Waals surface area contributed by atoms with Gasteiger partial charge in [0, 0.05) is 6.54 Å². The fraction of sp³-hybridized carbons (Fsp3) is 0.429. The van der Waals surface area contributed by atoms with Crippen LogP contribution in [0.25, 0.3) is 0 Å². The number of carbonyl (C=O) groups excluding carboxylic acids is 4. The molecule has 9 nitrogen and oxygen atoms in total. The molecule has 1 saturated heterocycles. The van der Waals surface area contributed by atoms with E-state index < -0.39 is 36.4 Å². The highest BCUT2D eigenvalue weighted by atomic mass is 16.7. The van der Waals surface area contributed by atoms with E-state index in [0.717, 1.165) is 10.5 Å². The lowest BCUT2D eigenvalue weighted by molar-refractivity contribution is -0.159. The summed E-state index contributed by atoms with van der Waals surface area (Å²) in [6.07, 6.45) is 3.68. The molecule has 2 heterocycles. The molecule has 0 radical (unpaired) electrons. The highest BCUT2D eigenvalue weighted by Crippen LogP contribution is 2.35. The van der Waals surface area contributed by atoms with Crippen LogP contribution in [0.3, 0.4) is 0 Å². The Hall–Kier alpha value is -3.36. The van der Waals surface area contributed by atoms with E-state index in [0.29, 0.717) is 24.3 Å². The zero-order valence-corrected chi connectivity index (χ0v) is 16.5. The van der Waals surface area contributed by atoms with Crippen LogP contribution < -0.4 is 14.8 Å². The summed E-state index contributed by atoms with van der Waals surface area (Å²) in [4.78, 5) is 50.2. The largest absolute Gasteiger partial charge is 0.454 e. The number of hydrogen-bond donors (Lipinski definition) is 1. The molecular formula is C21H22N2O7. The maximum Gasteiger partial charge on any atom is 0.326 e. The molecule has 1 aromatic carbocycles. The number of nitrogens with one attached hydrogen (secondary N) is 1. The second kappa shape index (κ2) is 8.17. The number of benzene rings is 1. The number of imide groups is 1. The van der Waals surface area contributed by atoms with Crippen molar-refractivity contribution in [1.82, 2.24) is 10.2 Å². The first-order valence-corrected chi connectivity index (χ1v) is 9.80. The number of hydrogen-bond acceptors (Lipinski definition) is 7. The number of amides is 3. The lowest BCUT2D eigenvalue weighted by Gasteiger charge is -2.17. The van der Waals surface area contributed by atoms with Gasteiger partial charge in [0.2, 0.25) is 18.6 Å². The maximum absolute atomic E-state index is 12.4. The average molecular weight is 414 g/mol. The van der Waals surface area contributed by atoms with E-state index in [1.165, 1.54) is 6.92 Å². The zero-order valence-electron chi connectivity index (χ0n) is 16.5. The summed E-state index contributed by atoms with van der Waals surface area (Å²) in [7, 11) is 0. The summed E-state index contributed by atoms with van der Waals surface area (Å²) in [5.41, 5.74) is 0.801. The third-order valence-electron chi connectivity index (χ3n) is 5.47. The van der Waals surface area contributed by atoms with Crippen LogP contribution in [0.1, 0.15) is 25.3 Å². The van der Waals surface area contributed by atoms with Gasteiger partial charge in [-0.3, -0.25) is 24.1 Å². The third-order valence-corrected chi connectivity index (χ3v) is 5.47. The van der Waals surface area contributed by atoms with Crippen molar-refractivity contribution in [2.75, 3.05) is 13.3 Å². The van der Waals surface area contributed by atoms with Crippen molar-refractivity contribution in [1.29, 1.82) is 0 Å². The van der Waals surface area contributed by atoms with Gasteiger partial charge < -0.3 is 19.5 Å². The molecule has 0 aromatic heterocycles. The van der Waals surface area contributed by atoms with Crippen LogP contribution in [0.5, 0.6) is 11.5 Å². The minimum Gasteiger partial charge on any atom is -0.454 e. The lowest BCUT2D eigenvalue weighted by atomic mass is 9.85.